The molecule has 0 saturated heterocycles. The monoisotopic (exact) mass is 360 g/mol. The van der Waals surface area contributed by atoms with Crippen molar-refractivity contribution in [2.24, 2.45) is 23.7 Å². The smallest absolute Gasteiger partial charge is 0.119 e. The number of rotatable bonds is 7. The molecule has 0 radical (unpaired) electrons. The van der Waals surface area contributed by atoms with E-state index in [-0.39, 0.29) is 0 Å². The van der Waals surface area contributed by atoms with E-state index in [1.165, 1.54) is 64.2 Å². The Morgan fingerprint density at radius 1 is 0.880 bits per heavy atom. The van der Waals surface area contributed by atoms with Gasteiger partial charge in [-0.05, 0) is 99.3 Å². The molecule has 25 heavy (non-hydrogen) atoms. The van der Waals surface area contributed by atoms with Crippen LogP contribution in [0.25, 0.3) is 0 Å². The van der Waals surface area contributed by atoms with E-state index in [4.69, 9.17) is 16.3 Å². The van der Waals surface area contributed by atoms with Crippen LogP contribution in [-0.4, -0.2) is 6.61 Å². The Hall–Kier alpha value is -0.950. The molecule has 2 aliphatic rings. The zero-order valence-electron chi connectivity index (χ0n) is 15.5. The van der Waals surface area contributed by atoms with Crippen molar-refractivity contribution in [3.63, 3.8) is 0 Å². The van der Waals surface area contributed by atoms with Crippen molar-refractivity contribution < 1.29 is 4.74 Å². The van der Waals surface area contributed by atoms with Gasteiger partial charge in [0.1, 0.15) is 5.75 Å². The zero-order valence-corrected chi connectivity index (χ0v) is 16.2. The number of benzene rings is 1. The van der Waals surface area contributed by atoms with Crippen molar-refractivity contribution in [2.75, 3.05) is 6.61 Å². The normalized spacial score (nSPS) is 30.0. The van der Waals surface area contributed by atoms with Crippen LogP contribution >= 0.6 is 11.6 Å². The Labute approximate surface area is 158 Å². The van der Waals surface area contributed by atoms with Gasteiger partial charge in [-0.25, -0.2) is 0 Å². The second-order valence-corrected chi connectivity index (χ2v) is 8.63. The highest BCUT2D eigenvalue weighted by atomic mass is 35.5. The molecular formula is C23H33ClO. The SMILES string of the molecule is C=CCC[C@H]1CC[C@H](C2CCC(COc3ccc(Cl)cc3)CC2)CC1. The molecule has 0 spiro atoms. The molecule has 2 saturated carbocycles. The summed E-state index contributed by atoms with van der Waals surface area (Å²) >= 11 is 5.92. The third-order valence-electron chi connectivity index (χ3n) is 6.53. The van der Waals surface area contributed by atoms with Gasteiger partial charge in [-0.3, -0.25) is 0 Å². The van der Waals surface area contributed by atoms with E-state index in [2.05, 4.69) is 12.7 Å². The lowest BCUT2D eigenvalue weighted by Gasteiger charge is -2.37. The van der Waals surface area contributed by atoms with Gasteiger partial charge >= 0.3 is 0 Å². The van der Waals surface area contributed by atoms with Gasteiger partial charge in [0.15, 0.2) is 0 Å². The second kappa shape index (κ2) is 9.67. The molecular weight excluding hydrogens is 328 g/mol. The van der Waals surface area contributed by atoms with Gasteiger partial charge in [0.25, 0.3) is 0 Å². The Kier molecular flexibility index (Phi) is 7.28. The summed E-state index contributed by atoms with van der Waals surface area (Å²) in [6.07, 6.45) is 16.0. The Morgan fingerprint density at radius 3 is 2.00 bits per heavy atom. The lowest BCUT2D eigenvalue weighted by molar-refractivity contribution is 0.122. The quantitative estimate of drug-likeness (QED) is 0.463. The van der Waals surface area contributed by atoms with Crippen LogP contribution in [0.3, 0.4) is 0 Å². The zero-order chi connectivity index (χ0) is 17.5. The number of allylic oxidation sites excluding steroid dienone is 1. The van der Waals surface area contributed by atoms with Crippen molar-refractivity contribution in [3.8, 4) is 5.75 Å². The van der Waals surface area contributed by atoms with Crippen molar-refractivity contribution in [2.45, 2.75) is 64.2 Å². The molecule has 0 heterocycles. The fraction of sp³-hybridized carbons (Fsp3) is 0.652. The summed E-state index contributed by atoms with van der Waals surface area (Å²) < 4.78 is 5.97. The first-order chi connectivity index (χ1) is 12.2. The van der Waals surface area contributed by atoms with Crippen LogP contribution in [0.15, 0.2) is 36.9 Å². The molecule has 3 rings (SSSR count). The van der Waals surface area contributed by atoms with E-state index in [9.17, 15) is 0 Å². The number of ether oxygens (including phenoxy) is 1. The van der Waals surface area contributed by atoms with Crippen molar-refractivity contribution >= 4 is 11.6 Å². The molecule has 2 aliphatic carbocycles. The Morgan fingerprint density at radius 2 is 1.44 bits per heavy atom. The van der Waals surface area contributed by atoms with Crippen LogP contribution < -0.4 is 4.74 Å². The highest BCUT2D eigenvalue weighted by Gasteiger charge is 2.30. The van der Waals surface area contributed by atoms with E-state index in [1.807, 2.05) is 24.3 Å². The number of hydrogen-bond donors (Lipinski definition) is 0. The van der Waals surface area contributed by atoms with E-state index in [0.29, 0.717) is 0 Å². The van der Waals surface area contributed by atoms with Crippen LogP contribution in [0.4, 0.5) is 0 Å². The molecule has 0 N–H and O–H groups in total. The maximum atomic E-state index is 5.97. The summed E-state index contributed by atoms with van der Waals surface area (Å²) in [6.45, 7) is 4.73. The summed E-state index contributed by atoms with van der Waals surface area (Å²) in [7, 11) is 0. The van der Waals surface area contributed by atoms with Gasteiger partial charge < -0.3 is 4.74 Å². The van der Waals surface area contributed by atoms with Crippen LogP contribution in [-0.2, 0) is 0 Å². The lowest BCUT2D eigenvalue weighted by atomic mass is 9.69. The predicted molar refractivity (Wildman–Crippen MR) is 107 cm³/mol. The van der Waals surface area contributed by atoms with Crippen molar-refractivity contribution in [3.05, 3.63) is 41.9 Å². The third-order valence-corrected chi connectivity index (χ3v) is 6.78. The van der Waals surface area contributed by atoms with E-state index in [0.717, 1.165) is 41.1 Å². The fourth-order valence-electron chi connectivity index (χ4n) is 4.87. The highest BCUT2D eigenvalue weighted by Crippen LogP contribution is 2.42. The molecule has 0 unspecified atom stereocenters. The molecule has 1 aromatic carbocycles. The molecule has 138 valence electrons. The minimum Gasteiger partial charge on any atom is -0.493 e. The second-order valence-electron chi connectivity index (χ2n) is 8.19. The molecule has 0 atom stereocenters. The van der Waals surface area contributed by atoms with Gasteiger partial charge in [-0.1, -0.05) is 30.5 Å². The summed E-state index contributed by atoms with van der Waals surface area (Å²) in [5, 5.41) is 0.770. The van der Waals surface area contributed by atoms with Gasteiger partial charge in [-0.2, -0.15) is 0 Å². The van der Waals surface area contributed by atoms with Crippen molar-refractivity contribution in [1.29, 1.82) is 0 Å². The molecule has 0 aromatic heterocycles. The maximum Gasteiger partial charge on any atom is 0.119 e. The minimum atomic E-state index is 0.732. The van der Waals surface area contributed by atoms with Gasteiger partial charge in [-0.15, -0.1) is 6.58 Å². The average Bonchev–Trinajstić information content (AvgIpc) is 2.67. The lowest BCUT2D eigenvalue weighted by Crippen LogP contribution is -2.27. The molecule has 0 bridgehead atoms. The van der Waals surface area contributed by atoms with Crippen LogP contribution in [0.5, 0.6) is 5.75 Å². The molecule has 0 amide bonds. The van der Waals surface area contributed by atoms with Gasteiger partial charge in [0, 0.05) is 5.02 Å². The Balaban J connectivity index is 1.34. The molecule has 1 aromatic rings. The van der Waals surface area contributed by atoms with E-state index in [1.54, 1.807) is 0 Å². The maximum absolute atomic E-state index is 5.97. The Bertz CT molecular complexity index is 507. The summed E-state index contributed by atoms with van der Waals surface area (Å²) in [4.78, 5) is 0. The largest absolute Gasteiger partial charge is 0.493 e. The summed E-state index contributed by atoms with van der Waals surface area (Å²) in [5.74, 6) is 4.63. The van der Waals surface area contributed by atoms with Gasteiger partial charge in [0.2, 0.25) is 0 Å². The van der Waals surface area contributed by atoms with E-state index >= 15 is 0 Å². The van der Waals surface area contributed by atoms with E-state index < -0.39 is 0 Å². The van der Waals surface area contributed by atoms with Crippen LogP contribution in [0, 0.1) is 23.7 Å². The highest BCUT2D eigenvalue weighted by molar-refractivity contribution is 6.30. The fourth-order valence-corrected chi connectivity index (χ4v) is 5.00. The average molecular weight is 361 g/mol. The van der Waals surface area contributed by atoms with Gasteiger partial charge in [0.05, 0.1) is 6.61 Å². The van der Waals surface area contributed by atoms with Crippen LogP contribution in [0.1, 0.15) is 64.2 Å². The summed E-state index contributed by atoms with van der Waals surface area (Å²) in [5.41, 5.74) is 0. The number of halogens is 1. The predicted octanol–water partition coefficient (Wildman–Crippen LogP) is 7.30. The minimum absolute atomic E-state index is 0.732. The third kappa shape index (κ3) is 5.78. The summed E-state index contributed by atoms with van der Waals surface area (Å²) in [6, 6.07) is 7.75. The number of hydrogen-bond acceptors (Lipinski definition) is 1. The topological polar surface area (TPSA) is 9.23 Å². The standard InChI is InChI=1S/C23H33ClO/c1-2-3-4-18-5-9-20(10-6-18)21-11-7-19(8-12-21)17-25-23-15-13-22(24)14-16-23/h2,13-16,18-21H,1,3-12,17H2/t18-,19?,20-,21?. The molecule has 1 nitrogen and oxygen atoms in total. The first-order valence-corrected chi connectivity index (χ1v) is 10.6. The first-order valence-electron chi connectivity index (χ1n) is 10.2. The molecule has 2 fully saturated rings. The molecule has 0 aliphatic heterocycles. The van der Waals surface area contributed by atoms with Crippen LogP contribution in [0.2, 0.25) is 5.02 Å². The first kappa shape index (κ1) is 18.8. The van der Waals surface area contributed by atoms with Crippen molar-refractivity contribution in [1.82, 2.24) is 0 Å². The molecule has 2 heteroatoms.